The molecule has 0 bridgehead atoms. The lowest BCUT2D eigenvalue weighted by molar-refractivity contribution is -0.138. The SMILES string of the molecule is Cc1noc(C2CCN(C(=O)C(C)(C)C)C2)n1. The fraction of sp³-hybridized carbons (Fsp3) is 0.750. The minimum Gasteiger partial charge on any atom is -0.341 e. The van der Waals surface area contributed by atoms with Crippen LogP contribution in [0.2, 0.25) is 0 Å². The van der Waals surface area contributed by atoms with E-state index in [9.17, 15) is 4.79 Å². The topological polar surface area (TPSA) is 59.2 Å². The normalized spacial score (nSPS) is 20.9. The van der Waals surface area contributed by atoms with Gasteiger partial charge >= 0.3 is 0 Å². The van der Waals surface area contributed by atoms with E-state index in [0.29, 0.717) is 18.3 Å². The highest BCUT2D eigenvalue weighted by Crippen LogP contribution is 2.29. The molecule has 0 spiro atoms. The first-order chi connectivity index (χ1) is 7.88. The Kier molecular flexibility index (Phi) is 2.93. The van der Waals surface area contributed by atoms with Gasteiger partial charge in [-0.3, -0.25) is 4.79 Å². The predicted octanol–water partition coefficient (Wildman–Crippen LogP) is 1.74. The van der Waals surface area contributed by atoms with Crippen molar-refractivity contribution < 1.29 is 9.32 Å². The molecule has 17 heavy (non-hydrogen) atoms. The van der Waals surface area contributed by atoms with E-state index in [4.69, 9.17) is 4.52 Å². The first-order valence-electron chi connectivity index (χ1n) is 5.97. The van der Waals surface area contributed by atoms with Crippen LogP contribution in [0.25, 0.3) is 0 Å². The van der Waals surface area contributed by atoms with E-state index >= 15 is 0 Å². The molecule has 5 heteroatoms. The van der Waals surface area contributed by atoms with Crippen LogP contribution in [0.15, 0.2) is 4.52 Å². The summed E-state index contributed by atoms with van der Waals surface area (Å²) in [5, 5.41) is 3.79. The van der Waals surface area contributed by atoms with Crippen molar-refractivity contribution in [2.45, 2.75) is 40.0 Å². The van der Waals surface area contributed by atoms with Gasteiger partial charge in [-0.2, -0.15) is 4.98 Å². The van der Waals surface area contributed by atoms with Gasteiger partial charge in [-0.25, -0.2) is 0 Å². The highest BCUT2D eigenvalue weighted by molar-refractivity contribution is 5.81. The summed E-state index contributed by atoms with van der Waals surface area (Å²) in [5.74, 6) is 1.70. The summed E-state index contributed by atoms with van der Waals surface area (Å²) in [6, 6.07) is 0. The summed E-state index contributed by atoms with van der Waals surface area (Å²) in [4.78, 5) is 18.2. The molecule has 1 aromatic rings. The van der Waals surface area contributed by atoms with Gasteiger partial charge in [0, 0.05) is 18.5 Å². The van der Waals surface area contributed by atoms with Crippen LogP contribution in [-0.2, 0) is 4.79 Å². The van der Waals surface area contributed by atoms with Gasteiger partial charge in [0.25, 0.3) is 0 Å². The predicted molar refractivity (Wildman–Crippen MR) is 62.4 cm³/mol. The van der Waals surface area contributed by atoms with Crippen LogP contribution < -0.4 is 0 Å². The number of likely N-dealkylation sites (tertiary alicyclic amines) is 1. The molecule has 1 aliphatic rings. The molecule has 1 saturated heterocycles. The minimum absolute atomic E-state index is 0.191. The molecule has 0 radical (unpaired) electrons. The van der Waals surface area contributed by atoms with Crippen LogP contribution in [-0.4, -0.2) is 34.0 Å². The third kappa shape index (κ3) is 2.48. The molecular weight excluding hydrogens is 218 g/mol. The van der Waals surface area contributed by atoms with Crippen LogP contribution in [0.4, 0.5) is 0 Å². The molecule has 1 unspecified atom stereocenters. The second kappa shape index (κ2) is 4.13. The zero-order valence-electron chi connectivity index (χ0n) is 10.9. The van der Waals surface area contributed by atoms with Crippen LogP contribution >= 0.6 is 0 Å². The molecule has 2 rings (SSSR count). The lowest BCUT2D eigenvalue weighted by atomic mass is 9.95. The summed E-state index contributed by atoms with van der Waals surface area (Å²) < 4.78 is 5.16. The molecular formula is C12H19N3O2. The Bertz CT molecular complexity index is 420. The second-order valence-corrected chi connectivity index (χ2v) is 5.67. The fourth-order valence-corrected chi connectivity index (χ4v) is 2.10. The van der Waals surface area contributed by atoms with Gasteiger partial charge in [-0.15, -0.1) is 0 Å². The number of carbonyl (C=O) groups excluding carboxylic acids is 1. The molecule has 0 aliphatic carbocycles. The fourth-order valence-electron chi connectivity index (χ4n) is 2.10. The van der Waals surface area contributed by atoms with Gasteiger partial charge in [0.2, 0.25) is 11.8 Å². The van der Waals surface area contributed by atoms with Crippen molar-refractivity contribution >= 4 is 5.91 Å². The first-order valence-corrected chi connectivity index (χ1v) is 5.97. The van der Waals surface area contributed by atoms with Gasteiger partial charge < -0.3 is 9.42 Å². The van der Waals surface area contributed by atoms with Crippen LogP contribution in [0.3, 0.4) is 0 Å². The number of rotatable bonds is 1. The van der Waals surface area contributed by atoms with Crippen LogP contribution in [0.5, 0.6) is 0 Å². The average molecular weight is 237 g/mol. The minimum atomic E-state index is -0.320. The number of hydrogen-bond donors (Lipinski definition) is 0. The zero-order valence-corrected chi connectivity index (χ0v) is 10.9. The van der Waals surface area contributed by atoms with Crippen molar-refractivity contribution in [3.8, 4) is 0 Å². The molecule has 2 heterocycles. The van der Waals surface area contributed by atoms with Crippen LogP contribution in [0, 0.1) is 12.3 Å². The molecule has 0 N–H and O–H groups in total. The molecule has 0 saturated carbocycles. The van der Waals surface area contributed by atoms with Gasteiger partial charge in [0.05, 0.1) is 5.92 Å². The Morgan fingerprint density at radius 2 is 2.18 bits per heavy atom. The Balaban J connectivity index is 2.03. The van der Waals surface area contributed by atoms with Gasteiger partial charge in [0.1, 0.15) is 0 Å². The van der Waals surface area contributed by atoms with Crippen molar-refractivity contribution in [3.63, 3.8) is 0 Å². The molecule has 1 amide bonds. The molecule has 1 atom stereocenters. The Hall–Kier alpha value is -1.39. The number of carbonyl (C=O) groups is 1. The largest absolute Gasteiger partial charge is 0.341 e. The van der Waals surface area contributed by atoms with E-state index in [2.05, 4.69) is 10.1 Å². The molecule has 1 aliphatic heterocycles. The van der Waals surface area contributed by atoms with Crippen molar-refractivity contribution in [1.82, 2.24) is 15.0 Å². The van der Waals surface area contributed by atoms with E-state index in [1.807, 2.05) is 25.7 Å². The third-order valence-corrected chi connectivity index (χ3v) is 3.01. The maximum Gasteiger partial charge on any atom is 0.231 e. The average Bonchev–Trinajstić information content (AvgIpc) is 2.83. The number of aromatic nitrogens is 2. The number of aryl methyl sites for hydroxylation is 1. The summed E-state index contributed by atoms with van der Waals surface area (Å²) in [6.45, 7) is 9.11. The Labute approximate surface area is 101 Å². The second-order valence-electron chi connectivity index (χ2n) is 5.67. The number of nitrogens with zero attached hydrogens (tertiary/aromatic N) is 3. The van der Waals surface area contributed by atoms with Gasteiger partial charge in [-0.1, -0.05) is 25.9 Å². The molecule has 0 aromatic carbocycles. The summed E-state index contributed by atoms with van der Waals surface area (Å²) in [5.41, 5.74) is -0.320. The maximum atomic E-state index is 12.1. The Morgan fingerprint density at radius 1 is 1.47 bits per heavy atom. The van der Waals surface area contributed by atoms with Crippen molar-refractivity contribution in [2.24, 2.45) is 5.41 Å². The molecule has 94 valence electrons. The molecule has 1 aromatic heterocycles. The lowest BCUT2D eigenvalue weighted by Crippen LogP contribution is -2.37. The highest BCUT2D eigenvalue weighted by Gasteiger charge is 2.35. The maximum absolute atomic E-state index is 12.1. The van der Waals surface area contributed by atoms with E-state index in [-0.39, 0.29) is 17.2 Å². The quantitative estimate of drug-likeness (QED) is 0.746. The van der Waals surface area contributed by atoms with E-state index in [1.165, 1.54) is 0 Å². The van der Waals surface area contributed by atoms with Crippen LogP contribution in [0.1, 0.15) is 44.8 Å². The Morgan fingerprint density at radius 3 is 2.71 bits per heavy atom. The highest BCUT2D eigenvalue weighted by atomic mass is 16.5. The van der Waals surface area contributed by atoms with E-state index in [0.717, 1.165) is 13.0 Å². The van der Waals surface area contributed by atoms with Crippen molar-refractivity contribution in [2.75, 3.05) is 13.1 Å². The first kappa shape index (κ1) is 12.1. The van der Waals surface area contributed by atoms with Crippen molar-refractivity contribution in [3.05, 3.63) is 11.7 Å². The van der Waals surface area contributed by atoms with Gasteiger partial charge in [-0.05, 0) is 13.3 Å². The number of hydrogen-bond acceptors (Lipinski definition) is 4. The lowest BCUT2D eigenvalue weighted by Gasteiger charge is -2.25. The van der Waals surface area contributed by atoms with Crippen molar-refractivity contribution in [1.29, 1.82) is 0 Å². The number of amides is 1. The smallest absolute Gasteiger partial charge is 0.231 e. The van der Waals surface area contributed by atoms with E-state index in [1.54, 1.807) is 6.92 Å². The summed E-state index contributed by atoms with van der Waals surface area (Å²) in [7, 11) is 0. The van der Waals surface area contributed by atoms with E-state index < -0.39 is 0 Å². The zero-order chi connectivity index (χ0) is 12.6. The summed E-state index contributed by atoms with van der Waals surface area (Å²) in [6.07, 6.45) is 0.906. The van der Waals surface area contributed by atoms with Gasteiger partial charge in [0.15, 0.2) is 5.82 Å². The third-order valence-electron chi connectivity index (χ3n) is 3.01. The standard InChI is InChI=1S/C12H19N3O2/c1-8-13-10(17-14-8)9-5-6-15(7-9)11(16)12(2,3)4/h9H,5-7H2,1-4H3. The molecule has 1 fully saturated rings. The summed E-state index contributed by atoms with van der Waals surface area (Å²) >= 11 is 0. The monoisotopic (exact) mass is 237 g/mol. The molecule has 5 nitrogen and oxygen atoms in total.